The standard InChI is InChI=1S/C20H25FN2O3S/c1-13(2)19(15-5-9-17(21)10-6-15)22-20(24)16-7-11-18(12-8-16)27(25,26)23-14(3)4/h5-14,19,23H,1-4H3,(H,22,24). The van der Waals surface area contributed by atoms with Gasteiger partial charge in [-0.15, -0.1) is 0 Å². The molecule has 0 radical (unpaired) electrons. The van der Waals surface area contributed by atoms with Crippen molar-refractivity contribution in [3.8, 4) is 0 Å². The summed E-state index contributed by atoms with van der Waals surface area (Å²) in [6.07, 6.45) is 0. The molecule has 1 atom stereocenters. The van der Waals surface area contributed by atoms with E-state index in [9.17, 15) is 17.6 Å². The first-order valence-corrected chi connectivity index (χ1v) is 10.3. The second-order valence-electron chi connectivity index (χ2n) is 7.05. The third kappa shape index (κ3) is 5.61. The Balaban J connectivity index is 2.18. The average Bonchev–Trinajstić information content (AvgIpc) is 2.59. The molecule has 0 aliphatic heterocycles. The van der Waals surface area contributed by atoms with Gasteiger partial charge in [0.15, 0.2) is 0 Å². The first kappa shape index (κ1) is 21.1. The Morgan fingerprint density at radius 3 is 1.96 bits per heavy atom. The molecule has 2 aromatic rings. The maximum atomic E-state index is 13.2. The van der Waals surface area contributed by atoms with Gasteiger partial charge in [-0.3, -0.25) is 4.79 Å². The van der Waals surface area contributed by atoms with Crippen LogP contribution in [0.3, 0.4) is 0 Å². The van der Waals surface area contributed by atoms with Gasteiger partial charge in [0.2, 0.25) is 10.0 Å². The lowest BCUT2D eigenvalue weighted by molar-refractivity contribution is 0.0925. The molecule has 7 heteroatoms. The van der Waals surface area contributed by atoms with E-state index in [2.05, 4.69) is 10.0 Å². The van der Waals surface area contributed by atoms with Crippen molar-refractivity contribution in [3.05, 3.63) is 65.5 Å². The van der Waals surface area contributed by atoms with Crippen molar-refractivity contribution < 1.29 is 17.6 Å². The van der Waals surface area contributed by atoms with Crippen LogP contribution in [0.5, 0.6) is 0 Å². The van der Waals surface area contributed by atoms with E-state index in [4.69, 9.17) is 0 Å². The van der Waals surface area contributed by atoms with Gasteiger partial charge in [-0.05, 0) is 61.7 Å². The Hall–Kier alpha value is -2.25. The van der Waals surface area contributed by atoms with Crippen molar-refractivity contribution in [1.29, 1.82) is 0 Å². The molecule has 27 heavy (non-hydrogen) atoms. The zero-order valence-corrected chi connectivity index (χ0v) is 16.7. The summed E-state index contributed by atoms with van der Waals surface area (Å²) < 4.78 is 40.0. The highest BCUT2D eigenvalue weighted by molar-refractivity contribution is 7.89. The van der Waals surface area contributed by atoms with Gasteiger partial charge < -0.3 is 5.32 Å². The first-order valence-electron chi connectivity index (χ1n) is 8.79. The molecule has 0 aromatic heterocycles. The molecule has 0 saturated carbocycles. The van der Waals surface area contributed by atoms with Crippen molar-refractivity contribution in [1.82, 2.24) is 10.0 Å². The summed E-state index contributed by atoms with van der Waals surface area (Å²) in [7, 11) is -3.60. The molecular weight excluding hydrogens is 367 g/mol. The number of benzene rings is 2. The van der Waals surface area contributed by atoms with Gasteiger partial charge in [0, 0.05) is 11.6 Å². The zero-order valence-electron chi connectivity index (χ0n) is 15.9. The van der Waals surface area contributed by atoms with Crippen LogP contribution in [0.15, 0.2) is 53.4 Å². The molecule has 2 rings (SSSR count). The van der Waals surface area contributed by atoms with E-state index in [0.717, 1.165) is 5.56 Å². The zero-order chi connectivity index (χ0) is 20.2. The van der Waals surface area contributed by atoms with E-state index in [0.29, 0.717) is 5.56 Å². The van der Waals surface area contributed by atoms with Gasteiger partial charge in [0.05, 0.1) is 10.9 Å². The van der Waals surface area contributed by atoms with Gasteiger partial charge in [0.1, 0.15) is 5.82 Å². The van der Waals surface area contributed by atoms with Crippen LogP contribution in [0.1, 0.15) is 49.7 Å². The highest BCUT2D eigenvalue weighted by Gasteiger charge is 2.20. The first-order chi connectivity index (χ1) is 12.6. The maximum absolute atomic E-state index is 13.2. The fourth-order valence-corrected chi connectivity index (χ4v) is 3.94. The van der Waals surface area contributed by atoms with Crippen LogP contribution in [0, 0.1) is 11.7 Å². The topological polar surface area (TPSA) is 75.3 Å². The predicted octanol–water partition coefficient (Wildman–Crippen LogP) is 3.64. The highest BCUT2D eigenvalue weighted by atomic mass is 32.2. The summed E-state index contributed by atoms with van der Waals surface area (Å²) in [6, 6.07) is 11.3. The molecule has 0 aliphatic rings. The monoisotopic (exact) mass is 392 g/mol. The van der Waals surface area contributed by atoms with Crippen molar-refractivity contribution >= 4 is 15.9 Å². The number of hydrogen-bond acceptors (Lipinski definition) is 3. The summed E-state index contributed by atoms with van der Waals surface area (Å²) in [6.45, 7) is 7.39. The lowest BCUT2D eigenvalue weighted by atomic mass is 9.95. The minimum absolute atomic E-state index is 0.0919. The molecule has 2 aromatic carbocycles. The highest BCUT2D eigenvalue weighted by Crippen LogP contribution is 2.23. The molecule has 0 heterocycles. The molecule has 1 unspecified atom stereocenters. The van der Waals surface area contributed by atoms with Gasteiger partial charge in [-0.1, -0.05) is 26.0 Å². The SMILES string of the molecule is CC(C)NS(=O)(=O)c1ccc(C(=O)NC(c2ccc(F)cc2)C(C)C)cc1. The smallest absolute Gasteiger partial charge is 0.251 e. The second kappa shape index (κ2) is 8.63. The number of sulfonamides is 1. The van der Waals surface area contributed by atoms with E-state index in [-0.39, 0.29) is 34.6 Å². The molecule has 0 spiro atoms. The number of rotatable bonds is 7. The minimum Gasteiger partial charge on any atom is -0.345 e. The summed E-state index contributed by atoms with van der Waals surface area (Å²) >= 11 is 0. The number of halogens is 1. The third-order valence-electron chi connectivity index (χ3n) is 4.00. The van der Waals surface area contributed by atoms with Crippen LogP contribution in [0.4, 0.5) is 4.39 Å². The van der Waals surface area contributed by atoms with Gasteiger partial charge >= 0.3 is 0 Å². The maximum Gasteiger partial charge on any atom is 0.251 e. The lowest BCUT2D eigenvalue weighted by Gasteiger charge is -2.23. The predicted molar refractivity (Wildman–Crippen MR) is 103 cm³/mol. The van der Waals surface area contributed by atoms with E-state index >= 15 is 0 Å². The lowest BCUT2D eigenvalue weighted by Crippen LogP contribution is -2.32. The van der Waals surface area contributed by atoms with E-state index in [1.165, 1.54) is 36.4 Å². The quantitative estimate of drug-likeness (QED) is 0.755. The Kier molecular flexibility index (Phi) is 6.73. The molecule has 2 N–H and O–H groups in total. The summed E-state index contributed by atoms with van der Waals surface area (Å²) in [5.41, 5.74) is 1.16. The van der Waals surface area contributed by atoms with Gasteiger partial charge in [-0.25, -0.2) is 17.5 Å². The van der Waals surface area contributed by atoms with Gasteiger partial charge in [-0.2, -0.15) is 0 Å². The number of carbonyl (C=O) groups is 1. The summed E-state index contributed by atoms with van der Waals surface area (Å²) in [5.74, 6) is -0.563. The molecule has 0 saturated heterocycles. The summed E-state index contributed by atoms with van der Waals surface area (Å²) in [5, 5.41) is 2.93. The van der Waals surface area contributed by atoms with Crippen LogP contribution >= 0.6 is 0 Å². The summed E-state index contributed by atoms with van der Waals surface area (Å²) in [4.78, 5) is 12.7. The van der Waals surface area contributed by atoms with Gasteiger partial charge in [0.25, 0.3) is 5.91 Å². The minimum atomic E-state index is -3.60. The number of carbonyl (C=O) groups excluding carboxylic acids is 1. The van der Waals surface area contributed by atoms with Crippen LogP contribution in [0.25, 0.3) is 0 Å². The Bertz CT molecular complexity index is 876. The largest absolute Gasteiger partial charge is 0.345 e. The van der Waals surface area contributed by atoms with Crippen LogP contribution in [-0.4, -0.2) is 20.4 Å². The van der Waals surface area contributed by atoms with Crippen LogP contribution in [-0.2, 0) is 10.0 Å². The van der Waals surface area contributed by atoms with E-state index < -0.39 is 10.0 Å². The van der Waals surface area contributed by atoms with E-state index in [1.807, 2.05) is 13.8 Å². The molecule has 5 nitrogen and oxygen atoms in total. The normalized spacial score (nSPS) is 13.0. The third-order valence-corrected chi connectivity index (χ3v) is 5.67. The fraction of sp³-hybridized carbons (Fsp3) is 0.350. The fourth-order valence-electron chi connectivity index (χ4n) is 2.69. The average molecular weight is 392 g/mol. The molecule has 0 aliphatic carbocycles. The Labute approximate surface area is 160 Å². The van der Waals surface area contributed by atoms with Crippen molar-refractivity contribution in [2.45, 2.75) is 44.7 Å². The molecule has 1 amide bonds. The molecule has 146 valence electrons. The molecule has 0 bridgehead atoms. The molecule has 0 fully saturated rings. The van der Waals surface area contributed by atoms with Crippen molar-refractivity contribution in [3.63, 3.8) is 0 Å². The number of amides is 1. The Morgan fingerprint density at radius 1 is 0.926 bits per heavy atom. The van der Waals surface area contributed by atoms with Crippen LogP contribution in [0.2, 0.25) is 0 Å². The Morgan fingerprint density at radius 2 is 1.48 bits per heavy atom. The molecular formula is C20H25FN2O3S. The van der Waals surface area contributed by atoms with Crippen LogP contribution < -0.4 is 10.0 Å². The second-order valence-corrected chi connectivity index (χ2v) is 8.76. The number of hydrogen-bond donors (Lipinski definition) is 2. The van der Waals surface area contributed by atoms with Crippen molar-refractivity contribution in [2.24, 2.45) is 5.92 Å². The van der Waals surface area contributed by atoms with E-state index in [1.54, 1.807) is 26.0 Å². The van der Waals surface area contributed by atoms with Crippen molar-refractivity contribution in [2.75, 3.05) is 0 Å². The number of nitrogens with one attached hydrogen (secondary N) is 2.